The summed E-state index contributed by atoms with van der Waals surface area (Å²) in [7, 11) is 3.93. The largest absolute Gasteiger partial charge is 0.377 e. The summed E-state index contributed by atoms with van der Waals surface area (Å²) in [5.74, 6) is -0.420. The summed E-state index contributed by atoms with van der Waals surface area (Å²) in [6, 6.07) is 12.2. The summed E-state index contributed by atoms with van der Waals surface area (Å²) >= 11 is 12.2. The van der Waals surface area contributed by atoms with Gasteiger partial charge in [0, 0.05) is 37.9 Å². The van der Waals surface area contributed by atoms with E-state index in [1.807, 2.05) is 43.3 Å². The van der Waals surface area contributed by atoms with Crippen molar-refractivity contribution in [3.63, 3.8) is 0 Å². The number of likely N-dealkylation sites (tertiary alicyclic amines) is 1. The Hall–Kier alpha value is -2.24. The molecule has 0 aliphatic carbocycles. The van der Waals surface area contributed by atoms with Crippen LogP contribution in [0.3, 0.4) is 0 Å². The molecule has 1 atom stereocenters. The summed E-state index contributed by atoms with van der Waals surface area (Å²) in [5, 5.41) is 3.75. The van der Waals surface area contributed by atoms with E-state index in [1.54, 1.807) is 23.1 Å². The highest BCUT2D eigenvalue weighted by Gasteiger charge is 2.35. The van der Waals surface area contributed by atoms with E-state index in [-0.39, 0.29) is 11.8 Å². The molecule has 7 heteroatoms. The van der Waals surface area contributed by atoms with Gasteiger partial charge in [0.2, 0.25) is 5.91 Å². The maximum Gasteiger partial charge on any atom is 0.256 e. The Morgan fingerprint density at radius 1 is 1.18 bits per heavy atom. The molecule has 1 aliphatic rings. The monoisotopic (exact) mass is 419 g/mol. The average molecular weight is 420 g/mol. The third-order valence-electron chi connectivity index (χ3n) is 4.90. The minimum absolute atomic E-state index is 0.155. The predicted octanol–water partition coefficient (Wildman–Crippen LogP) is 3.98. The van der Waals surface area contributed by atoms with Gasteiger partial charge >= 0.3 is 0 Å². The molecule has 0 aromatic heterocycles. The zero-order chi connectivity index (χ0) is 20.3. The van der Waals surface area contributed by atoms with Gasteiger partial charge in [-0.1, -0.05) is 41.4 Å². The van der Waals surface area contributed by atoms with Gasteiger partial charge < -0.3 is 15.1 Å². The first kappa shape index (κ1) is 20.5. The van der Waals surface area contributed by atoms with Gasteiger partial charge in [-0.05, 0) is 42.7 Å². The van der Waals surface area contributed by atoms with E-state index in [0.717, 1.165) is 17.7 Å². The number of nitrogens with zero attached hydrogens (tertiary/aromatic N) is 2. The second-order valence-corrected chi connectivity index (χ2v) is 7.87. The van der Waals surface area contributed by atoms with E-state index in [9.17, 15) is 9.59 Å². The third-order valence-corrected chi connectivity index (χ3v) is 5.47. The Bertz CT molecular complexity index is 886. The number of carbonyl (C=O) groups is 2. The molecule has 0 saturated carbocycles. The topological polar surface area (TPSA) is 52.7 Å². The number of amides is 2. The van der Waals surface area contributed by atoms with Gasteiger partial charge in [-0.2, -0.15) is 0 Å². The van der Waals surface area contributed by atoms with Gasteiger partial charge in [0.1, 0.15) is 6.04 Å². The first-order chi connectivity index (χ1) is 13.4. The van der Waals surface area contributed by atoms with Gasteiger partial charge in [-0.25, -0.2) is 0 Å². The lowest BCUT2D eigenvalue weighted by molar-refractivity contribution is -0.125. The molecular formula is C21H23Cl2N3O2. The van der Waals surface area contributed by atoms with Crippen LogP contribution in [0.25, 0.3) is 0 Å². The van der Waals surface area contributed by atoms with E-state index in [0.29, 0.717) is 35.1 Å². The van der Waals surface area contributed by atoms with Crippen molar-refractivity contribution in [3.8, 4) is 0 Å². The van der Waals surface area contributed by atoms with Crippen molar-refractivity contribution in [1.82, 2.24) is 10.2 Å². The molecule has 0 spiro atoms. The van der Waals surface area contributed by atoms with Gasteiger partial charge in [0.25, 0.3) is 5.91 Å². The predicted molar refractivity (Wildman–Crippen MR) is 113 cm³/mol. The lowest BCUT2D eigenvalue weighted by atomic mass is 10.1. The van der Waals surface area contributed by atoms with Crippen molar-refractivity contribution in [2.24, 2.45) is 0 Å². The van der Waals surface area contributed by atoms with Crippen LogP contribution in [0.4, 0.5) is 5.69 Å². The zero-order valence-electron chi connectivity index (χ0n) is 15.9. The van der Waals surface area contributed by atoms with Crippen LogP contribution >= 0.6 is 23.2 Å². The first-order valence-electron chi connectivity index (χ1n) is 9.17. The number of hydrogen-bond donors (Lipinski definition) is 1. The lowest BCUT2D eigenvalue weighted by Gasteiger charge is -2.25. The van der Waals surface area contributed by atoms with Crippen molar-refractivity contribution in [2.75, 3.05) is 25.5 Å². The molecule has 5 nitrogen and oxygen atoms in total. The van der Waals surface area contributed by atoms with Crippen molar-refractivity contribution in [2.45, 2.75) is 25.4 Å². The molecule has 0 radical (unpaired) electrons. The van der Waals surface area contributed by atoms with Crippen LogP contribution in [-0.4, -0.2) is 43.4 Å². The maximum atomic E-state index is 12.9. The summed E-state index contributed by atoms with van der Waals surface area (Å²) in [6.07, 6.45) is 1.40. The van der Waals surface area contributed by atoms with Gasteiger partial charge in [0.05, 0.1) is 10.6 Å². The summed E-state index contributed by atoms with van der Waals surface area (Å²) < 4.78 is 0. The molecule has 2 aromatic rings. The smallest absolute Gasteiger partial charge is 0.256 e. The quantitative estimate of drug-likeness (QED) is 0.796. The highest BCUT2D eigenvalue weighted by molar-refractivity contribution is 6.35. The van der Waals surface area contributed by atoms with E-state index < -0.39 is 6.04 Å². The van der Waals surface area contributed by atoms with E-state index >= 15 is 0 Å². The van der Waals surface area contributed by atoms with Crippen molar-refractivity contribution in [3.05, 3.63) is 63.6 Å². The molecule has 1 saturated heterocycles. The van der Waals surface area contributed by atoms with Crippen LogP contribution in [-0.2, 0) is 11.3 Å². The number of hydrogen-bond acceptors (Lipinski definition) is 3. The molecule has 0 bridgehead atoms. The molecule has 3 rings (SSSR count). The Labute approximate surface area is 175 Å². The zero-order valence-corrected chi connectivity index (χ0v) is 17.4. The number of anilines is 1. The Kier molecular flexibility index (Phi) is 6.47. The molecule has 2 amide bonds. The number of benzene rings is 2. The number of halogens is 2. The molecule has 28 heavy (non-hydrogen) atoms. The lowest BCUT2D eigenvalue weighted by Crippen LogP contribution is -2.45. The fourth-order valence-electron chi connectivity index (χ4n) is 3.50. The van der Waals surface area contributed by atoms with E-state index in [1.165, 1.54) is 0 Å². The van der Waals surface area contributed by atoms with Gasteiger partial charge in [0.15, 0.2) is 0 Å². The van der Waals surface area contributed by atoms with Crippen LogP contribution in [0.1, 0.15) is 28.8 Å². The highest BCUT2D eigenvalue weighted by atomic mass is 35.5. The van der Waals surface area contributed by atoms with Crippen molar-refractivity contribution in [1.29, 1.82) is 0 Å². The van der Waals surface area contributed by atoms with Crippen LogP contribution in [0.5, 0.6) is 0 Å². The standard InChI is InChI=1S/C21H23Cl2N3O2/c1-25(2)18-7-4-3-6-14(18)13-24-20(27)19-8-5-11-26(19)21(28)16-12-15(22)9-10-17(16)23/h3-4,6-7,9-10,12,19H,5,8,11,13H2,1-2H3,(H,24,27)/t19-/m1/s1. The summed E-state index contributed by atoms with van der Waals surface area (Å²) in [5.41, 5.74) is 2.40. The fourth-order valence-corrected chi connectivity index (χ4v) is 3.87. The van der Waals surface area contributed by atoms with Crippen LogP contribution < -0.4 is 10.2 Å². The molecule has 1 N–H and O–H groups in total. The Morgan fingerprint density at radius 2 is 1.93 bits per heavy atom. The molecule has 1 heterocycles. The molecule has 1 fully saturated rings. The number of nitrogens with one attached hydrogen (secondary N) is 1. The minimum atomic E-state index is -0.505. The first-order valence-corrected chi connectivity index (χ1v) is 9.93. The number of carbonyl (C=O) groups excluding carboxylic acids is 2. The molecular weight excluding hydrogens is 397 g/mol. The normalized spacial score (nSPS) is 16.1. The Balaban J connectivity index is 1.71. The second kappa shape index (κ2) is 8.84. The average Bonchev–Trinajstić information content (AvgIpc) is 3.17. The van der Waals surface area contributed by atoms with Gasteiger partial charge in [-0.15, -0.1) is 0 Å². The van der Waals surface area contributed by atoms with Crippen molar-refractivity contribution >= 4 is 40.7 Å². The van der Waals surface area contributed by atoms with Crippen LogP contribution in [0.2, 0.25) is 10.0 Å². The summed E-state index contributed by atoms with van der Waals surface area (Å²) in [6.45, 7) is 0.928. The number of rotatable bonds is 5. The molecule has 2 aromatic carbocycles. The van der Waals surface area contributed by atoms with Crippen molar-refractivity contribution < 1.29 is 9.59 Å². The third kappa shape index (κ3) is 4.42. The SMILES string of the molecule is CN(C)c1ccccc1CNC(=O)[C@H]1CCCN1C(=O)c1cc(Cl)ccc1Cl. The minimum Gasteiger partial charge on any atom is -0.377 e. The van der Waals surface area contributed by atoms with Gasteiger partial charge in [-0.3, -0.25) is 9.59 Å². The van der Waals surface area contributed by atoms with Crippen LogP contribution in [0.15, 0.2) is 42.5 Å². The van der Waals surface area contributed by atoms with E-state index in [2.05, 4.69) is 5.32 Å². The maximum absolute atomic E-state index is 12.9. The van der Waals surface area contributed by atoms with Crippen LogP contribution in [0, 0.1) is 0 Å². The number of para-hydroxylation sites is 1. The fraction of sp³-hybridized carbons (Fsp3) is 0.333. The molecule has 0 unspecified atom stereocenters. The highest BCUT2D eigenvalue weighted by Crippen LogP contribution is 2.26. The Morgan fingerprint density at radius 3 is 2.68 bits per heavy atom. The van der Waals surface area contributed by atoms with E-state index in [4.69, 9.17) is 23.2 Å². The molecule has 1 aliphatic heterocycles. The molecule has 148 valence electrons. The second-order valence-electron chi connectivity index (χ2n) is 7.02. The summed E-state index contributed by atoms with van der Waals surface area (Å²) in [4.78, 5) is 29.4.